The van der Waals surface area contributed by atoms with Crippen LogP contribution in [0.1, 0.15) is 92.1 Å². The Labute approximate surface area is 665 Å². The Hall–Kier alpha value is -5.42. The molecule has 13 N–H and O–H groups in total. The van der Waals surface area contributed by atoms with E-state index in [-0.39, 0.29) is 59.8 Å². The summed E-state index contributed by atoms with van der Waals surface area (Å²) in [7, 11) is 5.10. The Balaban J connectivity index is 0.000000325. The maximum atomic E-state index is 12.2. The highest BCUT2D eigenvalue weighted by molar-refractivity contribution is 8.11. The molecule has 2 aliphatic carbocycles. The number of nitroso groups, excluding NO2 is 3. The minimum absolute atomic E-state index is 0.0600. The molecular weight excluding hydrogens is 1630 g/mol. The highest BCUT2D eigenvalue weighted by atomic mass is 35.5. The van der Waals surface area contributed by atoms with E-state index in [0.717, 1.165) is 109 Å². The zero-order valence-corrected chi connectivity index (χ0v) is 68.7. The zero-order valence-electron chi connectivity index (χ0n) is 61.6. The first kappa shape index (κ1) is 97.8. The number of primary amides is 2. The molecule has 7 fully saturated rings. The second kappa shape index (κ2) is 52.1. The first-order valence-electron chi connectivity index (χ1n) is 34.6. The number of carbonyl (C=O) groups is 5. The van der Waals surface area contributed by atoms with E-state index in [1.807, 2.05) is 7.05 Å². The number of imidazole rings is 2. The number of urea groups is 3. The number of H-pyrrole nitrogens is 1. The largest absolute Gasteiger partial charge is 0.394 e. The molecule has 52 heteroatoms. The van der Waals surface area contributed by atoms with Crippen molar-refractivity contribution in [1.29, 1.82) is 0 Å². The number of aliphatic hydroxyl groups is 4. The molecule has 1 unspecified atom stereocenters. The SMILES string of the molecule is CC1CCC(NC(=O)N(CCCl)N=O)CC1.CN(C)/N=N/c1[nH]cnc1C(N)=O.CN(CCCl)CCCl.CN(N=O)C(=O)N[C@@H]1[C@@H](O)[C@H](O)[C@@H](CO)O[C@@H]1O.Cn1nnc2c(C(N)=O)ncn2c1=O.O=NN(CCCl)C(=O)NC1CCCCC1.O=P1(N(CCCl)CCCl)NCCCO1.S=P(N1CC1)(N1CC1)N1CC1. The normalized spacial score (nSPS) is 22.2. The number of aryl methyl sites for hydroxylation is 1. The molecule has 8 amide bonds. The number of aromatic amines is 1. The summed E-state index contributed by atoms with van der Waals surface area (Å²) in [6, 6.07) is -2.84. The van der Waals surface area contributed by atoms with Crippen molar-refractivity contribution in [2.24, 2.45) is 50.6 Å². The third-order valence-corrected chi connectivity index (χ3v) is 25.1. The summed E-state index contributed by atoms with van der Waals surface area (Å²) >= 11 is 38.8. The highest BCUT2D eigenvalue weighted by Crippen LogP contribution is 2.65. The molecule has 43 nitrogen and oxygen atoms in total. The van der Waals surface area contributed by atoms with Crippen molar-refractivity contribution in [2.75, 3.05) is 162 Å². The summed E-state index contributed by atoms with van der Waals surface area (Å²) < 4.78 is 33.6. The molecular formula is C57H103Cl6N27O16P2S. The zero-order chi connectivity index (χ0) is 81.4. The number of rotatable bonds is 27. The van der Waals surface area contributed by atoms with E-state index in [1.54, 1.807) is 18.8 Å². The van der Waals surface area contributed by atoms with Crippen molar-refractivity contribution in [2.45, 2.75) is 114 Å². The number of carbonyl (C=O) groups excluding carboxylic acids is 5. The van der Waals surface area contributed by atoms with Gasteiger partial charge in [0.25, 0.3) is 11.8 Å². The highest BCUT2D eigenvalue weighted by Gasteiger charge is 2.51. The summed E-state index contributed by atoms with van der Waals surface area (Å²) in [5, 5.41) is 73.8. The van der Waals surface area contributed by atoms with Gasteiger partial charge in [0.1, 0.15) is 37.2 Å². The lowest BCUT2D eigenvalue weighted by Crippen LogP contribution is -2.64. The van der Waals surface area contributed by atoms with Crippen molar-refractivity contribution >= 4 is 137 Å². The molecule has 3 aromatic heterocycles. The number of ether oxygens (including phenoxy) is 1. The second-order valence-electron chi connectivity index (χ2n) is 24.9. The van der Waals surface area contributed by atoms with Crippen LogP contribution in [-0.4, -0.2) is 333 Å². The van der Waals surface area contributed by atoms with Crippen LogP contribution in [0.25, 0.3) is 5.65 Å². The molecule has 0 spiro atoms. The fraction of sp³-hybridized carbons (Fsp3) is 0.789. The number of alkyl halides is 6. The molecule has 2 saturated carbocycles. The number of nitrogens with zero attached hydrogens (tertiary/aromatic N) is 20. The van der Waals surface area contributed by atoms with Crippen molar-refractivity contribution in [3.63, 3.8) is 0 Å². The quantitative estimate of drug-likeness (QED) is 0.0130. The standard InChI is InChI=1S/C10H18ClN3O2.C9H16ClN3O2.C8H15N3O7.C7H15Cl2N2O2P.C6H6N6O2.C6H10N6O.C6H12N3PS.C5H11Cl2N/c1-8-2-4-9(5-3-8)12-10(15)14(13-16)7-6-11;10-6-7-13(12-15)9(14)11-8-4-2-1-3-5-8;1-11(10-17)8(16)9-4-6(14)5(13)3(2-12)18-7(4)15;8-2-5-11(6-3-9)14(12)10-4-1-7-13-14;1-11-6(14)12-2-8-3(4(7)13)5(12)9-10-11;1-12(2)11-10-6-4(5(7)13)8-3-9-6;11-10(7-1-2-7,8-3-4-8)9-5-6-9;1-8(4-2-6)5-3-7/h8-9H,2-7H2,1H3,(H,12,15);8H,1-7H2,(H,11,14);3-7,12-15H,2H2,1H3,(H,9,16);1-7H2,(H,10,12);2H,1H3,(H2,7,13);3H,1-2H3,(H2,7,13)(H,8,9);1-6H2;2-5H2,1H3/b;;;;;11-10+;;/t;;3-,4-,5-,6-,7+;;;;;/m..1...../s1. The topological polar surface area (TPSA) is 537 Å². The molecule has 0 aromatic carbocycles. The summed E-state index contributed by atoms with van der Waals surface area (Å²) in [5.74, 6) is 2.27. The number of amides is 8. The van der Waals surface area contributed by atoms with E-state index < -0.39 is 87.0 Å². The summed E-state index contributed by atoms with van der Waals surface area (Å²) in [6.07, 6.45) is 7.22. The van der Waals surface area contributed by atoms with E-state index in [1.165, 1.54) is 70.4 Å². The molecule has 620 valence electrons. The Bertz CT molecular complexity index is 3380. The van der Waals surface area contributed by atoms with Crippen LogP contribution in [0.15, 0.2) is 43.6 Å². The van der Waals surface area contributed by atoms with Gasteiger partial charge in [-0.2, -0.15) is 19.7 Å². The van der Waals surface area contributed by atoms with E-state index in [4.69, 9.17) is 107 Å². The number of halogens is 6. The average Bonchev–Trinajstić information content (AvgIpc) is 1.58. The Kier molecular flexibility index (Phi) is 46.7. The lowest BCUT2D eigenvalue weighted by Gasteiger charge is -2.40. The van der Waals surface area contributed by atoms with Gasteiger partial charge >= 0.3 is 31.5 Å². The van der Waals surface area contributed by atoms with Gasteiger partial charge in [0, 0.05) is 148 Å². The van der Waals surface area contributed by atoms with E-state index in [9.17, 15) is 63.4 Å². The number of nitrogens with one attached hydrogen (secondary N) is 5. The minimum atomic E-state index is -2.84. The number of aromatic nitrogens is 7. The fourth-order valence-corrected chi connectivity index (χ4v) is 18.0. The molecule has 5 aliphatic heterocycles. The number of nitrogens with two attached hydrogens (primary N) is 2. The van der Waals surface area contributed by atoms with Gasteiger partial charge in [0.15, 0.2) is 29.1 Å². The first-order chi connectivity index (χ1) is 51.9. The fourth-order valence-electron chi connectivity index (χ4n) is 10.1. The second-order valence-corrected chi connectivity index (χ2v) is 33.6. The van der Waals surface area contributed by atoms with E-state index in [0.29, 0.717) is 48.2 Å². The molecule has 7 aliphatic rings. The van der Waals surface area contributed by atoms with E-state index >= 15 is 0 Å². The summed E-state index contributed by atoms with van der Waals surface area (Å²) in [5.41, 5.74) is 9.71. The molecule has 5 saturated heterocycles. The van der Waals surface area contributed by atoms with Gasteiger partial charge in [-0.3, -0.25) is 19.2 Å². The van der Waals surface area contributed by atoms with Crippen molar-refractivity contribution in [3.05, 3.63) is 49.2 Å². The monoisotopic (exact) mass is 1730 g/mol. The maximum absolute atomic E-state index is 12.2. The van der Waals surface area contributed by atoms with Gasteiger partial charge < -0.3 is 67.0 Å². The van der Waals surface area contributed by atoms with Gasteiger partial charge in [-0.15, -0.1) is 94.5 Å². The van der Waals surface area contributed by atoms with Crippen LogP contribution in [0.4, 0.5) is 20.2 Å². The smallest absolute Gasteiger partial charge is 0.352 e. The van der Waals surface area contributed by atoms with Crippen LogP contribution in [0.5, 0.6) is 0 Å². The Morgan fingerprint density at radius 3 is 1.63 bits per heavy atom. The molecule has 0 radical (unpaired) electrons. The van der Waals surface area contributed by atoms with Gasteiger partial charge in [-0.1, -0.05) is 36.6 Å². The molecule has 3 aromatic rings. The minimum Gasteiger partial charge on any atom is -0.394 e. The van der Waals surface area contributed by atoms with Gasteiger partial charge in [0.05, 0.1) is 48.5 Å². The van der Waals surface area contributed by atoms with Gasteiger partial charge in [-0.05, 0) is 69.7 Å². The number of hydrogen-bond donors (Lipinski definition) is 11. The average molecular weight is 1730 g/mol. The summed E-state index contributed by atoms with van der Waals surface area (Å²) in [4.78, 5) is 110. The third kappa shape index (κ3) is 34.0. The predicted molar refractivity (Wildman–Crippen MR) is 415 cm³/mol. The van der Waals surface area contributed by atoms with Crippen molar-refractivity contribution in [1.82, 2.24) is 99.0 Å². The Morgan fingerprint density at radius 1 is 0.697 bits per heavy atom. The van der Waals surface area contributed by atoms with Crippen LogP contribution in [0, 0.1) is 20.6 Å². The Morgan fingerprint density at radius 2 is 1.20 bits per heavy atom. The number of aliphatic hydroxyl groups excluding tert-OH is 4. The predicted octanol–water partition coefficient (Wildman–Crippen LogP) is 3.29. The van der Waals surface area contributed by atoms with Crippen LogP contribution >= 0.6 is 83.8 Å². The van der Waals surface area contributed by atoms with Crippen molar-refractivity contribution < 1.29 is 58.2 Å². The van der Waals surface area contributed by atoms with Crippen molar-refractivity contribution in [3.8, 4) is 0 Å². The summed E-state index contributed by atoms with van der Waals surface area (Å²) in [6.45, 7) is 12.3. The molecule has 109 heavy (non-hydrogen) atoms. The number of fused-ring (bicyclic) bond motifs is 1. The van der Waals surface area contributed by atoms with Crippen LogP contribution in [0.2, 0.25) is 0 Å². The molecule has 10 rings (SSSR count). The van der Waals surface area contributed by atoms with Gasteiger partial charge in [0.2, 0.25) is 0 Å². The van der Waals surface area contributed by atoms with Crippen LogP contribution in [0.3, 0.4) is 0 Å². The van der Waals surface area contributed by atoms with Gasteiger partial charge in [-0.25, -0.2) is 57.3 Å². The van der Waals surface area contributed by atoms with Crippen LogP contribution in [-0.2, 0) is 32.7 Å². The molecule has 6 atom stereocenters. The maximum Gasteiger partial charge on any atom is 0.352 e. The van der Waals surface area contributed by atoms with Crippen LogP contribution < -0.4 is 38.2 Å². The lowest BCUT2D eigenvalue weighted by atomic mass is 9.87. The molecule has 8 heterocycles. The lowest BCUT2D eigenvalue weighted by molar-refractivity contribution is -0.252. The first-order valence-corrected chi connectivity index (χ1v) is 42.0. The molecule has 0 bridgehead atoms. The number of hydrogen-bond acceptors (Lipinski definition) is 27. The third-order valence-electron chi connectivity index (χ3n) is 16.3. The van der Waals surface area contributed by atoms with E-state index in [2.05, 4.69) is 98.3 Å².